The predicted molar refractivity (Wildman–Crippen MR) is 99.0 cm³/mol. The molecule has 24 heavy (non-hydrogen) atoms. The average molecular weight is 382 g/mol. The van der Waals surface area contributed by atoms with E-state index in [9.17, 15) is 8.42 Å². The summed E-state index contributed by atoms with van der Waals surface area (Å²) in [5.41, 5.74) is 2.16. The highest BCUT2D eigenvalue weighted by Gasteiger charge is 2.40. The van der Waals surface area contributed by atoms with Crippen molar-refractivity contribution < 1.29 is 8.42 Å². The lowest BCUT2D eigenvalue weighted by Crippen LogP contribution is -2.43. The SMILES string of the molecule is CN1c2ccccc2/C(=N/N=C/c2ccc(Cl)cc2)[C@H](Cl)S1(=O)=O. The number of fused-ring (bicyclic) bond motifs is 1. The topological polar surface area (TPSA) is 62.1 Å². The van der Waals surface area contributed by atoms with Crippen molar-refractivity contribution in [3.05, 3.63) is 64.7 Å². The quantitative estimate of drug-likeness (QED) is 0.453. The summed E-state index contributed by atoms with van der Waals surface area (Å²) < 4.78 is 24.7. The van der Waals surface area contributed by atoms with Crippen LogP contribution >= 0.6 is 23.2 Å². The third-order valence-electron chi connectivity index (χ3n) is 3.62. The van der Waals surface area contributed by atoms with Crippen molar-refractivity contribution in [3.63, 3.8) is 0 Å². The van der Waals surface area contributed by atoms with Gasteiger partial charge in [0, 0.05) is 17.6 Å². The van der Waals surface area contributed by atoms with Crippen molar-refractivity contribution in [1.82, 2.24) is 0 Å². The molecule has 3 rings (SSSR count). The summed E-state index contributed by atoms with van der Waals surface area (Å²) in [5, 5.41) is 8.68. The van der Waals surface area contributed by atoms with Gasteiger partial charge in [0.15, 0.2) is 4.71 Å². The molecule has 2 aromatic carbocycles. The van der Waals surface area contributed by atoms with E-state index in [1.165, 1.54) is 17.6 Å². The molecule has 0 unspecified atom stereocenters. The maximum atomic E-state index is 12.4. The maximum Gasteiger partial charge on any atom is 0.257 e. The summed E-state index contributed by atoms with van der Waals surface area (Å²) in [7, 11) is -2.26. The van der Waals surface area contributed by atoms with Crippen LogP contribution in [0.2, 0.25) is 5.02 Å². The fourth-order valence-electron chi connectivity index (χ4n) is 2.31. The van der Waals surface area contributed by atoms with Crippen molar-refractivity contribution in [2.45, 2.75) is 4.71 Å². The van der Waals surface area contributed by atoms with Gasteiger partial charge in [-0.3, -0.25) is 4.31 Å². The van der Waals surface area contributed by atoms with Crippen molar-refractivity contribution in [2.24, 2.45) is 10.2 Å². The number of anilines is 1. The fourth-order valence-corrected chi connectivity index (χ4v) is 4.12. The zero-order valence-corrected chi connectivity index (χ0v) is 14.9. The molecule has 0 aromatic heterocycles. The lowest BCUT2D eigenvalue weighted by Gasteiger charge is -2.30. The molecule has 5 nitrogen and oxygen atoms in total. The van der Waals surface area contributed by atoms with Gasteiger partial charge in [0.2, 0.25) is 0 Å². The number of hydrogen-bond donors (Lipinski definition) is 0. The van der Waals surface area contributed by atoms with Crippen LogP contribution in [-0.4, -0.2) is 32.1 Å². The summed E-state index contributed by atoms with van der Waals surface area (Å²) in [4.78, 5) is 0. The van der Waals surface area contributed by atoms with Crippen LogP contribution in [0.5, 0.6) is 0 Å². The number of hydrogen-bond acceptors (Lipinski definition) is 4. The smallest absolute Gasteiger partial charge is 0.257 e. The minimum Gasteiger partial charge on any atom is -0.271 e. The molecule has 0 amide bonds. The molecule has 0 aliphatic carbocycles. The van der Waals surface area contributed by atoms with Gasteiger partial charge in [0.05, 0.1) is 11.9 Å². The van der Waals surface area contributed by atoms with E-state index in [1.54, 1.807) is 48.5 Å². The van der Waals surface area contributed by atoms with Crippen LogP contribution in [0.3, 0.4) is 0 Å². The summed E-state index contributed by atoms with van der Waals surface area (Å²) in [6.07, 6.45) is 1.51. The minimum atomic E-state index is -3.73. The van der Waals surface area contributed by atoms with Gasteiger partial charge in [0.25, 0.3) is 10.0 Å². The van der Waals surface area contributed by atoms with E-state index in [0.717, 1.165) is 5.56 Å². The van der Waals surface area contributed by atoms with Gasteiger partial charge in [-0.1, -0.05) is 53.5 Å². The Morgan fingerprint density at radius 2 is 1.79 bits per heavy atom. The first kappa shape index (κ1) is 17.0. The number of para-hydroxylation sites is 1. The van der Waals surface area contributed by atoms with Crippen LogP contribution in [0.25, 0.3) is 0 Å². The van der Waals surface area contributed by atoms with Gasteiger partial charge >= 0.3 is 0 Å². The number of sulfonamides is 1. The van der Waals surface area contributed by atoms with Crippen LogP contribution in [-0.2, 0) is 10.0 Å². The first-order valence-electron chi connectivity index (χ1n) is 6.99. The van der Waals surface area contributed by atoms with Crippen LogP contribution in [0.15, 0.2) is 58.7 Å². The highest BCUT2D eigenvalue weighted by Crippen LogP contribution is 2.33. The van der Waals surface area contributed by atoms with Gasteiger partial charge in [-0.25, -0.2) is 8.42 Å². The number of alkyl halides is 1. The van der Waals surface area contributed by atoms with Gasteiger partial charge in [-0.05, 0) is 23.8 Å². The van der Waals surface area contributed by atoms with E-state index < -0.39 is 14.7 Å². The summed E-state index contributed by atoms with van der Waals surface area (Å²) >= 11 is 12.0. The molecule has 1 aliphatic rings. The fraction of sp³-hybridized carbons (Fsp3) is 0.125. The molecule has 0 radical (unpaired) electrons. The third-order valence-corrected chi connectivity index (χ3v) is 6.46. The highest BCUT2D eigenvalue weighted by atomic mass is 35.5. The van der Waals surface area contributed by atoms with E-state index in [0.29, 0.717) is 16.3 Å². The zero-order valence-electron chi connectivity index (χ0n) is 12.6. The molecule has 0 saturated carbocycles. The normalized spacial score (nSPS) is 21.2. The van der Waals surface area contributed by atoms with E-state index in [-0.39, 0.29) is 5.71 Å². The van der Waals surface area contributed by atoms with Gasteiger partial charge < -0.3 is 0 Å². The van der Waals surface area contributed by atoms with Crippen molar-refractivity contribution in [1.29, 1.82) is 0 Å². The molecule has 0 N–H and O–H groups in total. The van der Waals surface area contributed by atoms with Crippen LogP contribution in [0.1, 0.15) is 11.1 Å². The Hall–Kier alpha value is -1.89. The van der Waals surface area contributed by atoms with Gasteiger partial charge in [-0.15, -0.1) is 0 Å². The first-order chi connectivity index (χ1) is 11.4. The molecule has 0 fully saturated rings. The lowest BCUT2D eigenvalue weighted by atomic mass is 10.1. The Balaban J connectivity index is 2.02. The van der Waals surface area contributed by atoms with E-state index in [4.69, 9.17) is 23.2 Å². The molecular formula is C16H13Cl2N3O2S. The van der Waals surface area contributed by atoms with E-state index >= 15 is 0 Å². The number of halogens is 2. The van der Waals surface area contributed by atoms with E-state index in [1.807, 2.05) is 0 Å². The molecule has 124 valence electrons. The lowest BCUT2D eigenvalue weighted by molar-refractivity contribution is 0.595. The number of rotatable bonds is 2. The summed E-state index contributed by atoms with van der Waals surface area (Å²) in [5.74, 6) is 0. The third kappa shape index (κ3) is 3.05. The number of benzene rings is 2. The van der Waals surface area contributed by atoms with Crippen LogP contribution < -0.4 is 4.31 Å². The first-order valence-corrected chi connectivity index (χ1v) is 9.31. The Morgan fingerprint density at radius 1 is 1.12 bits per heavy atom. The predicted octanol–water partition coefficient (Wildman–Crippen LogP) is 3.51. The van der Waals surface area contributed by atoms with Gasteiger partial charge in [-0.2, -0.15) is 10.2 Å². The van der Waals surface area contributed by atoms with Crippen molar-refractivity contribution in [2.75, 3.05) is 11.4 Å². The summed E-state index contributed by atoms with van der Waals surface area (Å²) in [6.45, 7) is 0. The Morgan fingerprint density at radius 3 is 2.50 bits per heavy atom. The Bertz CT molecular complexity index is 925. The van der Waals surface area contributed by atoms with E-state index in [2.05, 4.69) is 10.2 Å². The second kappa shape index (κ2) is 6.55. The van der Waals surface area contributed by atoms with Crippen LogP contribution in [0.4, 0.5) is 5.69 Å². The van der Waals surface area contributed by atoms with Crippen molar-refractivity contribution >= 4 is 50.8 Å². The molecule has 2 aromatic rings. The molecular weight excluding hydrogens is 369 g/mol. The zero-order chi connectivity index (χ0) is 17.3. The second-order valence-corrected chi connectivity index (χ2v) is 8.31. The molecule has 8 heteroatoms. The summed E-state index contributed by atoms with van der Waals surface area (Å²) in [6, 6.07) is 14.1. The second-order valence-electron chi connectivity index (χ2n) is 5.13. The largest absolute Gasteiger partial charge is 0.271 e. The maximum absolute atomic E-state index is 12.4. The highest BCUT2D eigenvalue weighted by molar-refractivity contribution is 7.95. The Labute approximate surface area is 150 Å². The monoisotopic (exact) mass is 381 g/mol. The van der Waals surface area contributed by atoms with Gasteiger partial charge in [0.1, 0.15) is 5.71 Å². The molecule has 1 aliphatic heterocycles. The molecule has 0 spiro atoms. The van der Waals surface area contributed by atoms with Crippen LogP contribution in [0, 0.1) is 0 Å². The standard InChI is InChI=1S/C16H13Cl2N3O2S/c1-21-14-5-3-2-4-13(14)15(16(18)24(21,22)23)20-19-10-11-6-8-12(17)9-7-11/h2-10,16H,1H3/b19-10+,20-15-/t16-/m1/s1. The molecule has 0 bridgehead atoms. The van der Waals surface area contributed by atoms with Crippen molar-refractivity contribution in [3.8, 4) is 0 Å². The Kier molecular flexibility index (Phi) is 4.62. The molecule has 1 atom stereocenters. The number of nitrogens with zero attached hydrogens (tertiary/aromatic N) is 3. The molecule has 1 heterocycles. The minimum absolute atomic E-state index is 0.204. The molecule has 0 saturated heterocycles. The average Bonchev–Trinajstić information content (AvgIpc) is 2.58.